The van der Waals surface area contributed by atoms with Crippen molar-refractivity contribution < 1.29 is 9.90 Å². The fraction of sp³-hybridized carbons (Fsp3) is 0.941. The number of carbonyl (C=O) groups excluding carboxylic acids is 1. The predicted octanol–water partition coefficient (Wildman–Crippen LogP) is 3.35. The van der Waals surface area contributed by atoms with Crippen LogP contribution in [0.15, 0.2) is 0 Å². The van der Waals surface area contributed by atoms with E-state index in [9.17, 15) is 9.90 Å². The van der Waals surface area contributed by atoms with Crippen molar-refractivity contribution in [1.29, 1.82) is 0 Å². The maximum Gasteiger partial charge on any atom is 0.225 e. The highest BCUT2D eigenvalue weighted by Gasteiger charge is 2.32. The van der Waals surface area contributed by atoms with Crippen LogP contribution in [0, 0.1) is 11.8 Å². The van der Waals surface area contributed by atoms with Crippen LogP contribution in [-0.2, 0) is 4.79 Å². The molecule has 1 aliphatic heterocycles. The lowest BCUT2D eigenvalue weighted by molar-refractivity contribution is -0.139. The van der Waals surface area contributed by atoms with Crippen molar-refractivity contribution in [1.82, 2.24) is 4.90 Å². The van der Waals surface area contributed by atoms with Gasteiger partial charge in [0.15, 0.2) is 0 Å². The molecule has 1 aliphatic carbocycles. The fourth-order valence-electron chi connectivity index (χ4n) is 3.85. The van der Waals surface area contributed by atoms with Gasteiger partial charge in [0.25, 0.3) is 0 Å². The van der Waals surface area contributed by atoms with Crippen molar-refractivity contribution in [3.8, 4) is 0 Å². The lowest BCUT2D eigenvalue weighted by Gasteiger charge is -2.36. The molecular weight excluding hydrogens is 250 g/mol. The molecule has 0 aromatic rings. The van der Waals surface area contributed by atoms with Gasteiger partial charge in [-0.25, -0.2) is 0 Å². The van der Waals surface area contributed by atoms with Crippen molar-refractivity contribution in [2.24, 2.45) is 11.8 Å². The van der Waals surface area contributed by atoms with Crippen molar-refractivity contribution in [3.05, 3.63) is 0 Å². The second-order valence-electron chi connectivity index (χ2n) is 7.08. The Labute approximate surface area is 123 Å². The quantitative estimate of drug-likeness (QED) is 0.861. The number of aliphatic hydroxyl groups is 1. The van der Waals surface area contributed by atoms with Crippen molar-refractivity contribution in [3.63, 3.8) is 0 Å². The topological polar surface area (TPSA) is 40.5 Å². The summed E-state index contributed by atoms with van der Waals surface area (Å²) in [6.45, 7) is 5.04. The van der Waals surface area contributed by atoms with E-state index in [1.165, 1.54) is 25.7 Å². The molecule has 0 spiro atoms. The smallest absolute Gasteiger partial charge is 0.225 e. The normalized spacial score (nSPS) is 33.5. The molecule has 116 valence electrons. The number of likely N-dealkylation sites (tertiary alicyclic amines) is 1. The standard InChI is InChI=1S/C17H31NO2/c1-13-7-9-15(10-8-13)17(20)18-11-5-3-4-6-16(18)12-14(2)19/h13-16,19H,3-12H2,1-2H3. The third-order valence-electron chi connectivity index (χ3n) is 5.14. The molecule has 3 heteroatoms. The summed E-state index contributed by atoms with van der Waals surface area (Å²) in [5.41, 5.74) is 0. The summed E-state index contributed by atoms with van der Waals surface area (Å²) in [7, 11) is 0. The molecule has 0 radical (unpaired) electrons. The Morgan fingerprint density at radius 1 is 1.15 bits per heavy atom. The summed E-state index contributed by atoms with van der Waals surface area (Å²) < 4.78 is 0. The molecule has 3 nitrogen and oxygen atoms in total. The van der Waals surface area contributed by atoms with Gasteiger partial charge in [0.2, 0.25) is 5.91 Å². The predicted molar refractivity (Wildman–Crippen MR) is 81.4 cm³/mol. The Kier molecular flexibility index (Phi) is 5.88. The fourth-order valence-corrected chi connectivity index (χ4v) is 3.85. The van der Waals surface area contributed by atoms with Crippen LogP contribution in [0.3, 0.4) is 0 Å². The second-order valence-corrected chi connectivity index (χ2v) is 7.08. The van der Waals surface area contributed by atoms with Crippen LogP contribution in [0.25, 0.3) is 0 Å². The van der Waals surface area contributed by atoms with Crippen LogP contribution in [-0.4, -0.2) is 34.6 Å². The average molecular weight is 281 g/mol. The third kappa shape index (κ3) is 4.21. The van der Waals surface area contributed by atoms with Gasteiger partial charge < -0.3 is 10.0 Å². The maximum absolute atomic E-state index is 12.8. The largest absolute Gasteiger partial charge is 0.393 e. The van der Waals surface area contributed by atoms with Gasteiger partial charge in [0.1, 0.15) is 0 Å². The highest BCUT2D eigenvalue weighted by Crippen LogP contribution is 2.31. The van der Waals surface area contributed by atoms with Gasteiger partial charge in [-0.1, -0.05) is 19.8 Å². The molecule has 0 aromatic heterocycles. The van der Waals surface area contributed by atoms with Gasteiger partial charge >= 0.3 is 0 Å². The molecule has 2 fully saturated rings. The van der Waals surface area contributed by atoms with Gasteiger partial charge in [-0.2, -0.15) is 0 Å². The van der Waals surface area contributed by atoms with E-state index < -0.39 is 0 Å². The minimum absolute atomic E-state index is 0.251. The van der Waals surface area contributed by atoms with Crippen molar-refractivity contribution >= 4 is 5.91 Å². The Balaban J connectivity index is 1.99. The minimum atomic E-state index is -0.306. The van der Waals surface area contributed by atoms with Crippen LogP contribution >= 0.6 is 0 Å². The zero-order chi connectivity index (χ0) is 14.5. The zero-order valence-electron chi connectivity index (χ0n) is 13.2. The number of carbonyl (C=O) groups is 1. The lowest BCUT2D eigenvalue weighted by Crippen LogP contribution is -2.45. The van der Waals surface area contributed by atoms with Gasteiger partial charge in [0, 0.05) is 18.5 Å². The van der Waals surface area contributed by atoms with Gasteiger partial charge in [-0.05, 0) is 57.8 Å². The van der Waals surface area contributed by atoms with Crippen LogP contribution in [0.4, 0.5) is 0 Å². The Morgan fingerprint density at radius 3 is 2.50 bits per heavy atom. The molecule has 0 bridgehead atoms. The maximum atomic E-state index is 12.8. The minimum Gasteiger partial charge on any atom is -0.393 e. The first kappa shape index (κ1) is 15.8. The van der Waals surface area contributed by atoms with Gasteiger partial charge in [0.05, 0.1) is 6.10 Å². The molecule has 0 aromatic carbocycles. The summed E-state index contributed by atoms with van der Waals surface area (Å²) in [4.78, 5) is 15.0. The molecule has 1 saturated carbocycles. The summed E-state index contributed by atoms with van der Waals surface area (Å²) in [5, 5.41) is 9.70. The van der Waals surface area contributed by atoms with Crippen LogP contribution in [0.2, 0.25) is 0 Å². The number of hydrogen-bond donors (Lipinski definition) is 1. The van der Waals surface area contributed by atoms with E-state index in [4.69, 9.17) is 0 Å². The first-order valence-electron chi connectivity index (χ1n) is 8.56. The Bertz CT molecular complexity index is 308. The summed E-state index contributed by atoms with van der Waals surface area (Å²) in [5.74, 6) is 1.42. The van der Waals surface area contributed by atoms with E-state index >= 15 is 0 Å². The van der Waals surface area contributed by atoms with E-state index in [0.29, 0.717) is 5.91 Å². The van der Waals surface area contributed by atoms with E-state index in [0.717, 1.165) is 44.6 Å². The number of nitrogens with zero attached hydrogens (tertiary/aromatic N) is 1. The molecule has 2 rings (SSSR count). The SMILES string of the molecule is CC(O)CC1CCCCCN1C(=O)C1CCC(C)CC1. The molecular formula is C17H31NO2. The molecule has 2 atom stereocenters. The molecule has 1 heterocycles. The first-order chi connectivity index (χ1) is 9.58. The Morgan fingerprint density at radius 2 is 1.85 bits per heavy atom. The Hall–Kier alpha value is -0.570. The molecule has 1 saturated heterocycles. The molecule has 1 amide bonds. The van der Waals surface area contributed by atoms with Crippen LogP contribution in [0.5, 0.6) is 0 Å². The monoisotopic (exact) mass is 281 g/mol. The summed E-state index contributed by atoms with van der Waals surface area (Å²) >= 11 is 0. The van der Waals surface area contributed by atoms with E-state index in [2.05, 4.69) is 11.8 Å². The number of hydrogen-bond acceptors (Lipinski definition) is 2. The van der Waals surface area contributed by atoms with Gasteiger partial charge in [-0.15, -0.1) is 0 Å². The van der Waals surface area contributed by atoms with Crippen LogP contribution < -0.4 is 0 Å². The molecule has 2 unspecified atom stereocenters. The second kappa shape index (κ2) is 7.44. The molecule has 20 heavy (non-hydrogen) atoms. The summed E-state index contributed by atoms with van der Waals surface area (Å²) in [6, 6.07) is 0.268. The molecule has 1 N–H and O–H groups in total. The lowest BCUT2D eigenvalue weighted by atomic mass is 9.82. The van der Waals surface area contributed by atoms with Crippen molar-refractivity contribution in [2.75, 3.05) is 6.54 Å². The average Bonchev–Trinajstić information content (AvgIpc) is 2.63. The number of aliphatic hydroxyl groups excluding tert-OH is 1. The number of amides is 1. The summed E-state index contributed by atoms with van der Waals surface area (Å²) in [6.07, 6.45) is 9.59. The van der Waals surface area contributed by atoms with Crippen molar-refractivity contribution in [2.45, 2.75) is 83.8 Å². The van der Waals surface area contributed by atoms with E-state index in [1.54, 1.807) is 0 Å². The zero-order valence-corrected chi connectivity index (χ0v) is 13.2. The van der Waals surface area contributed by atoms with E-state index in [1.807, 2.05) is 6.92 Å². The highest BCUT2D eigenvalue weighted by molar-refractivity contribution is 5.79. The van der Waals surface area contributed by atoms with Gasteiger partial charge in [-0.3, -0.25) is 4.79 Å². The van der Waals surface area contributed by atoms with Crippen LogP contribution in [0.1, 0.15) is 71.6 Å². The first-order valence-corrected chi connectivity index (χ1v) is 8.56. The van der Waals surface area contributed by atoms with E-state index in [-0.39, 0.29) is 18.1 Å². The molecule has 2 aliphatic rings. The number of rotatable bonds is 3. The third-order valence-corrected chi connectivity index (χ3v) is 5.14. The highest BCUT2D eigenvalue weighted by atomic mass is 16.3.